The van der Waals surface area contributed by atoms with E-state index in [1.54, 1.807) is 37.3 Å². The lowest BCUT2D eigenvalue weighted by Gasteiger charge is -2.32. The zero-order valence-electron chi connectivity index (χ0n) is 16.6. The molecule has 1 aliphatic rings. The number of carbonyl (C=O) groups is 2. The van der Waals surface area contributed by atoms with Crippen LogP contribution in [-0.2, 0) is 21.7 Å². The molecule has 1 aromatic heterocycles. The van der Waals surface area contributed by atoms with Crippen LogP contribution in [0.25, 0.3) is 11.0 Å². The van der Waals surface area contributed by atoms with Crippen LogP contribution in [0.4, 0.5) is 19.1 Å². The maximum absolute atomic E-state index is 14.4. The van der Waals surface area contributed by atoms with E-state index in [2.05, 4.69) is 10.3 Å². The van der Waals surface area contributed by atoms with Gasteiger partial charge in [-0.25, -0.2) is 4.98 Å². The predicted octanol–water partition coefficient (Wildman–Crippen LogP) is 4.22. The first-order valence-corrected chi connectivity index (χ1v) is 9.85. The number of rotatable bonds is 4. The van der Waals surface area contributed by atoms with Gasteiger partial charge in [0, 0.05) is 11.4 Å². The van der Waals surface area contributed by atoms with Crippen molar-refractivity contribution in [3.63, 3.8) is 0 Å². The predicted molar refractivity (Wildman–Crippen MR) is 110 cm³/mol. The van der Waals surface area contributed by atoms with Crippen molar-refractivity contribution in [2.24, 2.45) is 0 Å². The summed E-state index contributed by atoms with van der Waals surface area (Å²) in [6.07, 6.45) is -5.28. The molecule has 3 aromatic rings. The quantitative estimate of drug-likeness (QED) is 0.624. The Bertz CT molecular complexity index is 1220. The lowest BCUT2D eigenvalue weighted by atomic mass is 10.1. The lowest BCUT2D eigenvalue weighted by Crippen LogP contribution is -2.63. The Labute approximate surface area is 180 Å². The van der Waals surface area contributed by atoms with Crippen LogP contribution >= 0.6 is 11.6 Å². The van der Waals surface area contributed by atoms with Crippen molar-refractivity contribution in [1.29, 1.82) is 0 Å². The summed E-state index contributed by atoms with van der Waals surface area (Å²) in [6.45, 7) is 3.56. The maximum Gasteiger partial charge on any atom is 0.440 e. The zero-order chi connectivity index (χ0) is 22.6. The Kier molecular flexibility index (Phi) is 4.96. The number of aromatic nitrogens is 2. The number of alkyl halides is 3. The fourth-order valence-corrected chi connectivity index (χ4v) is 3.93. The Hall–Kier alpha value is -3.07. The number of hydrogen-bond donors (Lipinski definition) is 2. The van der Waals surface area contributed by atoms with Crippen LogP contribution in [0.5, 0.6) is 0 Å². The number of nitrogens with zero attached hydrogens (tertiary/aromatic N) is 2. The molecule has 0 saturated carbocycles. The highest BCUT2D eigenvalue weighted by atomic mass is 35.5. The molecule has 1 atom stereocenters. The molecule has 2 N–H and O–H groups in total. The number of imidazole rings is 1. The number of fused-ring (bicyclic) bond motifs is 3. The van der Waals surface area contributed by atoms with Gasteiger partial charge in [0.1, 0.15) is 0 Å². The van der Waals surface area contributed by atoms with Crippen LogP contribution in [0.1, 0.15) is 23.1 Å². The topological polar surface area (TPSA) is 76.0 Å². The first-order chi connectivity index (χ1) is 14.5. The van der Waals surface area contributed by atoms with Crippen LogP contribution in [0.2, 0.25) is 5.02 Å². The van der Waals surface area contributed by atoms with Gasteiger partial charge < -0.3 is 5.32 Å². The second kappa shape index (κ2) is 7.26. The molecule has 0 fully saturated rings. The average Bonchev–Trinajstić information content (AvgIpc) is 3.15. The molecule has 1 unspecified atom stereocenters. The standard InChI is InChI=1S/C21H18ClF3N4O2/c1-11-9-15-16(10-12(11)2)29-19(26-15)27-18(31)20(29,21(23,24)25)28-17(30)8-7-13-5-3-4-6-14(13)22/h3-6,9-10H,7-8H2,1-2H3,(H,28,30)(H,26,27,31). The molecule has 4 rings (SSSR count). The SMILES string of the molecule is Cc1cc2nc3n(c2cc1C)C(NC(=O)CCc1ccccc1Cl)(C(F)(F)F)C(=O)N3. The third-order valence-electron chi connectivity index (χ3n) is 5.47. The van der Waals surface area contributed by atoms with E-state index in [-0.39, 0.29) is 29.8 Å². The van der Waals surface area contributed by atoms with E-state index < -0.39 is 23.7 Å². The molecule has 31 heavy (non-hydrogen) atoms. The fraction of sp³-hybridized carbons (Fsp3) is 0.286. The normalized spacial score (nSPS) is 18.2. The average molecular weight is 451 g/mol. The minimum atomic E-state index is -5.12. The van der Waals surface area contributed by atoms with Gasteiger partial charge in [-0.05, 0) is 55.2 Å². The van der Waals surface area contributed by atoms with Crippen molar-refractivity contribution < 1.29 is 22.8 Å². The van der Waals surface area contributed by atoms with Gasteiger partial charge in [-0.15, -0.1) is 0 Å². The van der Waals surface area contributed by atoms with E-state index in [9.17, 15) is 22.8 Å². The van der Waals surface area contributed by atoms with Crippen molar-refractivity contribution in [1.82, 2.24) is 14.9 Å². The van der Waals surface area contributed by atoms with Gasteiger partial charge in [0.25, 0.3) is 11.6 Å². The summed E-state index contributed by atoms with van der Waals surface area (Å²) < 4.78 is 43.8. The molecule has 1 aliphatic heterocycles. The highest BCUT2D eigenvalue weighted by molar-refractivity contribution is 6.31. The first kappa shape index (κ1) is 21.2. The van der Waals surface area contributed by atoms with E-state index in [1.807, 2.05) is 12.2 Å². The van der Waals surface area contributed by atoms with Crippen LogP contribution in [0, 0.1) is 13.8 Å². The monoisotopic (exact) mass is 450 g/mol. The highest BCUT2D eigenvalue weighted by Gasteiger charge is 2.67. The molecular formula is C21H18ClF3N4O2. The smallest absolute Gasteiger partial charge is 0.317 e. The third-order valence-corrected chi connectivity index (χ3v) is 5.84. The summed E-state index contributed by atoms with van der Waals surface area (Å²) in [7, 11) is 0. The second-order valence-corrected chi connectivity index (χ2v) is 7.91. The molecule has 0 aliphatic carbocycles. The number of amides is 2. The Balaban J connectivity index is 1.74. The number of nitrogens with one attached hydrogen (secondary N) is 2. The van der Waals surface area contributed by atoms with Crippen molar-refractivity contribution in [2.45, 2.75) is 38.5 Å². The van der Waals surface area contributed by atoms with Crippen molar-refractivity contribution in [2.75, 3.05) is 5.32 Å². The lowest BCUT2D eigenvalue weighted by molar-refractivity contribution is -0.217. The van der Waals surface area contributed by atoms with Crippen LogP contribution < -0.4 is 10.6 Å². The minimum absolute atomic E-state index is 0.0974. The van der Waals surface area contributed by atoms with Crippen molar-refractivity contribution >= 4 is 40.4 Å². The van der Waals surface area contributed by atoms with E-state index in [0.29, 0.717) is 10.6 Å². The number of hydrogen-bond acceptors (Lipinski definition) is 3. The van der Waals surface area contributed by atoms with Gasteiger partial charge >= 0.3 is 6.18 Å². The Morgan fingerprint density at radius 1 is 1.23 bits per heavy atom. The van der Waals surface area contributed by atoms with Gasteiger partial charge in [0.05, 0.1) is 11.0 Å². The summed E-state index contributed by atoms with van der Waals surface area (Å²) in [5, 5.41) is 4.52. The maximum atomic E-state index is 14.4. The molecule has 0 radical (unpaired) electrons. The number of benzene rings is 2. The number of anilines is 1. The number of aryl methyl sites for hydroxylation is 3. The molecule has 2 heterocycles. The van der Waals surface area contributed by atoms with E-state index in [4.69, 9.17) is 11.6 Å². The van der Waals surface area contributed by atoms with Gasteiger partial charge in [-0.2, -0.15) is 13.2 Å². The van der Waals surface area contributed by atoms with Crippen molar-refractivity contribution in [3.8, 4) is 0 Å². The summed E-state index contributed by atoms with van der Waals surface area (Å²) in [5.41, 5.74) is -0.711. The van der Waals surface area contributed by atoms with E-state index in [0.717, 1.165) is 15.7 Å². The molecule has 2 aromatic carbocycles. The number of carbonyl (C=O) groups excluding carboxylic acids is 2. The second-order valence-electron chi connectivity index (χ2n) is 7.50. The van der Waals surface area contributed by atoms with E-state index in [1.165, 1.54) is 6.07 Å². The molecule has 0 spiro atoms. The third kappa shape index (κ3) is 3.33. The molecule has 6 nitrogen and oxygen atoms in total. The van der Waals surface area contributed by atoms with Crippen molar-refractivity contribution in [3.05, 3.63) is 58.1 Å². The Morgan fingerprint density at radius 2 is 1.90 bits per heavy atom. The summed E-state index contributed by atoms with van der Waals surface area (Å²) >= 11 is 6.06. The van der Waals surface area contributed by atoms with Gasteiger partial charge in [-0.3, -0.25) is 19.5 Å². The number of halogens is 4. The summed E-state index contributed by atoms with van der Waals surface area (Å²) in [4.78, 5) is 29.3. The highest BCUT2D eigenvalue weighted by Crippen LogP contribution is 2.44. The molecule has 2 amide bonds. The molecule has 162 valence electrons. The van der Waals surface area contributed by atoms with Crippen LogP contribution in [-0.4, -0.2) is 27.5 Å². The van der Waals surface area contributed by atoms with Crippen LogP contribution in [0.15, 0.2) is 36.4 Å². The molecule has 0 saturated heterocycles. The first-order valence-electron chi connectivity index (χ1n) is 9.47. The fourth-order valence-electron chi connectivity index (χ4n) is 3.70. The zero-order valence-corrected chi connectivity index (χ0v) is 17.4. The molecule has 10 heteroatoms. The van der Waals surface area contributed by atoms with E-state index >= 15 is 0 Å². The summed E-state index contributed by atoms with van der Waals surface area (Å²) in [6, 6.07) is 9.91. The van der Waals surface area contributed by atoms with Gasteiger partial charge in [0.2, 0.25) is 11.9 Å². The molecular weight excluding hydrogens is 433 g/mol. The minimum Gasteiger partial charge on any atom is -0.317 e. The Morgan fingerprint density at radius 3 is 2.58 bits per heavy atom. The summed E-state index contributed by atoms with van der Waals surface area (Å²) in [5.74, 6) is -2.62. The molecule has 0 bridgehead atoms. The van der Waals surface area contributed by atoms with Gasteiger partial charge in [-0.1, -0.05) is 29.8 Å². The largest absolute Gasteiger partial charge is 0.440 e. The van der Waals surface area contributed by atoms with Gasteiger partial charge in [0.15, 0.2) is 0 Å². The van der Waals surface area contributed by atoms with Crippen LogP contribution in [0.3, 0.4) is 0 Å².